The smallest absolute Gasteiger partial charge is 0.303 e. The summed E-state index contributed by atoms with van der Waals surface area (Å²) in [5.74, 6) is -0.483. The molecule has 3 N–H and O–H groups in total. The fourth-order valence-corrected chi connectivity index (χ4v) is 2.16. The monoisotopic (exact) mass is 256 g/mol. The molecule has 104 valence electrons. The van der Waals surface area contributed by atoms with E-state index < -0.39 is 12.0 Å². The Kier molecular flexibility index (Phi) is 4.73. The van der Waals surface area contributed by atoms with Crippen LogP contribution in [0.25, 0.3) is 0 Å². The number of carbonyl (C=O) groups excluding carboxylic acids is 1. The minimum atomic E-state index is -0.772. The number of aliphatic carboxylic acids is 1. The largest absolute Gasteiger partial charge is 0.481 e. The molecule has 1 unspecified atom stereocenters. The summed E-state index contributed by atoms with van der Waals surface area (Å²) in [6.45, 7) is 7.21. The predicted octanol–water partition coefficient (Wildman–Crippen LogP) is 1.07. The van der Waals surface area contributed by atoms with Gasteiger partial charge in [0.05, 0.1) is 6.04 Å². The average molecular weight is 256 g/mol. The molecule has 0 aromatic heterocycles. The van der Waals surface area contributed by atoms with Crippen LogP contribution in [0.2, 0.25) is 0 Å². The fraction of sp³-hybridized carbons (Fsp3) is 0.846. The standard InChI is InChI=1S/C13H24N2O3/c1-13(2,3)11(14)12(18)15-7-6-9(8-15)4-5-10(16)17/h9,11H,4-8,14H2,1-3H3,(H,16,17)/t9?,11-/m1/s1. The van der Waals surface area contributed by atoms with E-state index in [9.17, 15) is 9.59 Å². The Morgan fingerprint density at radius 3 is 2.56 bits per heavy atom. The van der Waals surface area contributed by atoms with Gasteiger partial charge in [0.15, 0.2) is 0 Å². The first-order valence-electron chi connectivity index (χ1n) is 6.48. The molecule has 0 aromatic rings. The molecular weight excluding hydrogens is 232 g/mol. The van der Waals surface area contributed by atoms with Crippen molar-refractivity contribution in [3.8, 4) is 0 Å². The number of nitrogens with zero attached hydrogens (tertiary/aromatic N) is 1. The highest BCUT2D eigenvalue weighted by Crippen LogP contribution is 2.25. The molecule has 0 saturated carbocycles. The zero-order valence-corrected chi connectivity index (χ0v) is 11.5. The van der Waals surface area contributed by atoms with Crippen molar-refractivity contribution in [2.45, 2.75) is 46.1 Å². The van der Waals surface area contributed by atoms with Gasteiger partial charge in [-0.05, 0) is 24.2 Å². The molecule has 2 atom stereocenters. The van der Waals surface area contributed by atoms with E-state index in [0.29, 0.717) is 25.4 Å². The van der Waals surface area contributed by atoms with Crippen LogP contribution in [0.4, 0.5) is 0 Å². The number of hydrogen-bond acceptors (Lipinski definition) is 3. The number of carbonyl (C=O) groups is 2. The molecule has 1 rings (SSSR count). The summed E-state index contributed by atoms with van der Waals surface area (Å²) in [5.41, 5.74) is 5.72. The molecule has 1 amide bonds. The first-order valence-corrected chi connectivity index (χ1v) is 6.48. The van der Waals surface area contributed by atoms with Gasteiger partial charge in [-0.3, -0.25) is 9.59 Å². The normalized spacial score (nSPS) is 22.0. The third-order valence-corrected chi connectivity index (χ3v) is 3.56. The van der Waals surface area contributed by atoms with Crippen molar-refractivity contribution in [2.24, 2.45) is 17.1 Å². The van der Waals surface area contributed by atoms with Crippen LogP contribution in [0.1, 0.15) is 40.0 Å². The van der Waals surface area contributed by atoms with Gasteiger partial charge < -0.3 is 15.7 Å². The predicted molar refractivity (Wildman–Crippen MR) is 69.0 cm³/mol. The van der Waals surface area contributed by atoms with Gasteiger partial charge in [0.1, 0.15) is 0 Å². The Bertz CT molecular complexity index is 323. The second-order valence-corrected chi connectivity index (χ2v) is 6.22. The Morgan fingerprint density at radius 2 is 2.06 bits per heavy atom. The molecule has 0 bridgehead atoms. The number of likely N-dealkylation sites (tertiary alicyclic amines) is 1. The van der Waals surface area contributed by atoms with Gasteiger partial charge in [-0.2, -0.15) is 0 Å². The zero-order chi connectivity index (χ0) is 13.9. The van der Waals surface area contributed by atoms with Crippen molar-refractivity contribution in [1.29, 1.82) is 0 Å². The molecule has 1 fully saturated rings. The highest BCUT2D eigenvalue weighted by molar-refractivity contribution is 5.82. The summed E-state index contributed by atoms with van der Waals surface area (Å²) in [7, 11) is 0. The maximum absolute atomic E-state index is 12.2. The highest BCUT2D eigenvalue weighted by atomic mass is 16.4. The van der Waals surface area contributed by atoms with E-state index in [1.54, 1.807) is 4.90 Å². The van der Waals surface area contributed by atoms with Gasteiger partial charge in [0, 0.05) is 19.5 Å². The summed E-state index contributed by atoms with van der Waals surface area (Å²) in [6, 6.07) is -0.490. The van der Waals surface area contributed by atoms with Crippen LogP contribution in [-0.4, -0.2) is 41.0 Å². The second kappa shape index (κ2) is 5.69. The quantitative estimate of drug-likeness (QED) is 0.788. The van der Waals surface area contributed by atoms with Crippen molar-refractivity contribution >= 4 is 11.9 Å². The van der Waals surface area contributed by atoms with E-state index in [1.807, 2.05) is 20.8 Å². The highest BCUT2D eigenvalue weighted by Gasteiger charge is 2.34. The maximum atomic E-state index is 12.2. The summed E-state index contributed by atoms with van der Waals surface area (Å²) in [5, 5.41) is 8.64. The summed E-state index contributed by atoms with van der Waals surface area (Å²) < 4.78 is 0. The van der Waals surface area contributed by atoms with Crippen LogP contribution in [0.3, 0.4) is 0 Å². The van der Waals surface area contributed by atoms with Crippen LogP contribution in [0, 0.1) is 11.3 Å². The van der Waals surface area contributed by atoms with E-state index in [2.05, 4.69) is 0 Å². The summed E-state index contributed by atoms with van der Waals surface area (Å²) in [6.07, 6.45) is 1.71. The molecule has 0 aliphatic carbocycles. The van der Waals surface area contributed by atoms with Gasteiger partial charge in [-0.1, -0.05) is 20.8 Å². The minimum Gasteiger partial charge on any atom is -0.481 e. The van der Waals surface area contributed by atoms with Crippen LogP contribution in [0.5, 0.6) is 0 Å². The fourth-order valence-electron chi connectivity index (χ4n) is 2.16. The number of carboxylic acid groups (broad SMARTS) is 1. The Morgan fingerprint density at radius 1 is 1.44 bits per heavy atom. The zero-order valence-electron chi connectivity index (χ0n) is 11.5. The topological polar surface area (TPSA) is 83.6 Å². The first kappa shape index (κ1) is 15.0. The summed E-state index contributed by atoms with van der Waals surface area (Å²) >= 11 is 0. The molecule has 5 nitrogen and oxygen atoms in total. The summed E-state index contributed by atoms with van der Waals surface area (Å²) in [4.78, 5) is 24.5. The molecule has 1 saturated heterocycles. The molecule has 1 aliphatic heterocycles. The van der Waals surface area contributed by atoms with Gasteiger partial charge in [-0.25, -0.2) is 0 Å². The van der Waals surface area contributed by atoms with Gasteiger partial charge in [0.25, 0.3) is 0 Å². The Hall–Kier alpha value is -1.10. The van der Waals surface area contributed by atoms with Crippen molar-refractivity contribution in [2.75, 3.05) is 13.1 Å². The molecule has 0 aromatic carbocycles. The van der Waals surface area contributed by atoms with E-state index >= 15 is 0 Å². The number of nitrogens with two attached hydrogens (primary N) is 1. The SMILES string of the molecule is CC(C)(C)[C@H](N)C(=O)N1CCC(CCC(=O)O)C1. The van der Waals surface area contributed by atoms with Gasteiger partial charge >= 0.3 is 5.97 Å². The second-order valence-electron chi connectivity index (χ2n) is 6.22. The first-order chi connectivity index (χ1) is 8.21. The van der Waals surface area contributed by atoms with Crippen molar-refractivity contribution in [3.63, 3.8) is 0 Å². The van der Waals surface area contributed by atoms with E-state index in [1.165, 1.54) is 0 Å². The van der Waals surface area contributed by atoms with Crippen LogP contribution >= 0.6 is 0 Å². The molecule has 0 radical (unpaired) electrons. The number of rotatable bonds is 4. The third kappa shape index (κ3) is 3.98. The molecule has 0 spiro atoms. The Balaban J connectivity index is 2.46. The van der Waals surface area contributed by atoms with E-state index in [-0.39, 0.29) is 17.7 Å². The van der Waals surface area contributed by atoms with Gasteiger partial charge in [0.2, 0.25) is 5.91 Å². The van der Waals surface area contributed by atoms with Crippen molar-refractivity contribution in [1.82, 2.24) is 4.90 Å². The van der Waals surface area contributed by atoms with Crippen LogP contribution in [-0.2, 0) is 9.59 Å². The van der Waals surface area contributed by atoms with Crippen molar-refractivity contribution in [3.05, 3.63) is 0 Å². The minimum absolute atomic E-state index is 0.0136. The molecule has 1 aliphatic rings. The maximum Gasteiger partial charge on any atom is 0.303 e. The van der Waals surface area contributed by atoms with Gasteiger partial charge in [-0.15, -0.1) is 0 Å². The lowest BCUT2D eigenvalue weighted by atomic mass is 9.86. The number of carboxylic acids is 1. The molecule has 18 heavy (non-hydrogen) atoms. The lowest BCUT2D eigenvalue weighted by Gasteiger charge is -2.30. The lowest BCUT2D eigenvalue weighted by Crippen LogP contribution is -2.49. The molecular formula is C13H24N2O3. The molecule has 5 heteroatoms. The number of amides is 1. The van der Waals surface area contributed by atoms with E-state index in [0.717, 1.165) is 6.42 Å². The lowest BCUT2D eigenvalue weighted by molar-refractivity contribution is -0.137. The Labute approximate surface area is 108 Å². The molecule has 1 heterocycles. The van der Waals surface area contributed by atoms with Crippen molar-refractivity contribution < 1.29 is 14.7 Å². The third-order valence-electron chi connectivity index (χ3n) is 3.56. The van der Waals surface area contributed by atoms with Crippen LogP contribution in [0.15, 0.2) is 0 Å². The van der Waals surface area contributed by atoms with Crippen LogP contribution < -0.4 is 5.73 Å². The number of hydrogen-bond donors (Lipinski definition) is 2. The van der Waals surface area contributed by atoms with E-state index in [4.69, 9.17) is 10.8 Å². The average Bonchev–Trinajstić information content (AvgIpc) is 2.71.